The van der Waals surface area contributed by atoms with Crippen LogP contribution >= 0.6 is 0 Å². The maximum Gasteiger partial charge on any atom is 0.251 e. The molecular formula is C22H23N5O2. The van der Waals surface area contributed by atoms with E-state index in [2.05, 4.69) is 26.3 Å². The van der Waals surface area contributed by atoms with E-state index in [9.17, 15) is 9.59 Å². The first kappa shape index (κ1) is 18.9. The molecule has 7 heteroatoms. The number of rotatable bonds is 5. The van der Waals surface area contributed by atoms with Crippen LogP contribution in [0.1, 0.15) is 25.1 Å². The monoisotopic (exact) mass is 389 g/mol. The highest BCUT2D eigenvalue weighted by Gasteiger charge is 2.27. The highest BCUT2D eigenvalue weighted by Crippen LogP contribution is 2.28. The topological polar surface area (TPSA) is 91.0 Å². The number of fused-ring (bicyclic) bond motifs is 1. The Kier molecular flexibility index (Phi) is 5.12. The van der Waals surface area contributed by atoms with Crippen LogP contribution in [0.3, 0.4) is 0 Å². The average molecular weight is 389 g/mol. The van der Waals surface area contributed by atoms with Crippen LogP contribution in [0.15, 0.2) is 53.5 Å². The Balaban J connectivity index is 1.47. The third-order valence-electron chi connectivity index (χ3n) is 5.08. The summed E-state index contributed by atoms with van der Waals surface area (Å²) < 4.78 is 0. The van der Waals surface area contributed by atoms with Crippen LogP contribution < -0.4 is 15.8 Å². The summed E-state index contributed by atoms with van der Waals surface area (Å²) in [6.45, 7) is 4.49. The van der Waals surface area contributed by atoms with E-state index in [-0.39, 0.29) is 11.5 Å². The minimum Gasteiger partial charge on any atom is -0.359 e. The van der Waals surface area contributed by atoms with Gasteiger partial charge < -0.3 is 15.2 Å². The third kappa shape index (κ3) is 3.89. The molecular weight excluding hydrogens is 366 g/mol. The van der Waals surface area contributed by atoms with E-state index in [0.717, 1.165) is 23.4 Å². The molecule has 0 saturated heterocycles. The molecule has 0 fully saturated rings. The molecule has 0 spiro atoms. The Morgan fingerprint density at radius 1 is 1.28 bits per heavy atom. The predicted molar refractivity (Wildman–Crippen MR) is 113 cm³/mol. The molecule has 1 aromatic carbocycles. The molecule has 148 valence electrons. The summed E-state index contributed by atoms with van der Waals surface area (Å²) in [4.78, 5) is 38.1. The van der Waals surface area contributed by atoms with Crippen LogP contribution in [0.5, 0.6) is 0 Å². The van der Waals surface area contributed by atoms with E-state index in [1.54, 1.807) is 12.3 Å². The van der Waals surface area contributed by atoms with Crippen LogP contribution in [-0.4, -0.2) is 33.4 Å². The summed E-state index contributed by atoms with van der Waals surface area (Å²) in [5.74, 6) is 1.10. The van der Waals surface area contributed by atoms with Gasteiger partial charge in [-0.2, -0.15) is 0 Å². The molecule has 1 amide bonds. The summed E-state index contributed by atoms with van der Waals surface area (Å²) in [5.41, 5.74) is 3.46. The van der Waals surface area contributed by atoms with Gasteiger partial charge in [0.1, 0.15) is 17.7 Å². The zero-order chi connectivity index (χ0) is 20.4. The lowest BCUT2D eigenvalue weighted by Gasteiger charge is -2.22. The second kappa shape index (κ2) is 7.87. The summed E-state index contributed by atoms with van der Waals surface area (Å²) >= 11 is 0. The van der Waals surface area contributed by atoms with E-state index in [0.29, 0.717) is 24.6 Å². The van der Waals surface area contributed by atoms with Crippen molar-refractivity contribution in [3.05, 3.63) is 70.3 Å². The lowest BCUT2D eigenvalue weighted by molar-refractivity contribution is -0.118. The number of para-hydroxylation sites is 1. The van der Waals surface area contributed by atoms with Crippen molar-refractivity contribution in [3.8, 4) is 11.4 Å². The molecule has 1 aliphatic rings. The van der Waals surface area contributed by atoms with Gasteiger partial charge in [-0.25, -0.2) is 9.97 Å². The van der Waals surface area contributed by atoms with E-state index < -0.39 is 6.04 Å². The number of anilines is 2. The third-order valence-corrected chi connectivity index (χ3v) is 5.08. The van der Waals surface area contributed by atoms with Gasteiger partial charge in [-0.3, -0.25) is 9.59 Å². The number of H-pyrrole nitrogens is 1. The number of pyridine rings is 1. The normalized spacial score (nSPS) is 13.8. The molecule has 1 atom stereocenters. The zero-order valence-corrected chi connectivity index (χ0v) is 16.5. The number of nitrogens with one attached hydrogen (secondary N) is 2. The fraction of sp³-hybridized carbons (Fsp3) is 0.273. The number of hydrogen-bond donors (Lipinski definition) is 2. The lowest BCUT2D eigenvalue weighted by Crippen LogP contribution is -2.40. The summed E-state index contributed by atoms with van der Waals surface area (Å²) in [6.07, 6.45) is 3.20. The number of amides is 1. The van der Waals surface area contributed by atoms with Crippen LogP contribution in [0.2, 0.25) is 0 Å². The largest absolute Gasteiger partial charge is 0.359 e. The van der Waals surface area contributed by atoms with E-state index in [1.807, 2.05) is 43.0 Å². The molecule has 2 N–H and O–H groups in total. The molecule has 2 aromatic heterocycles. The van der Waals surface area contributed by atoms with Crippen molar-refractivity contribution < 1.29 is 4.79 Å². The number of aromatic nitrogens is 3. The number of carbonyl (C=O) groups is 1. The van der Waals surface area contributed by atoms with Gasteiger partial charge in [0.05, 0.1) is 0 Å². The van der Waals surface area contributed by atoms with Crippen LogP contribution in [0, 0.1) is 0 Å². The molecule has 1 aliphatic heterocycles. The van der Waals surface area contributed by atoms with Crippen LogP contribution in [0.25, 0.3) is 11.4 Å². The predicted octanol–water partition coefficient (Wildman–Crippen LogP) is 2.78. The van der Waals surface area contributed by atoms with Crippen molar-refractivity contribution >= 4 is 17.4 Å². The summed E-state index contributed by atoms with van der Waals surface area (Å²) in [5, 5.41) is 3.17. The van der Waals surface area contributed by atoms with Crippen LogP contribution in [-0.2, 0) is 17.6 Å². The highest BCUT2D eigenvalue weighted by atomic mass is 16.2. The smallest absolute Gasteiger partial charge is 0.251 e. The molecule has 7 nitrogen and oxygen atoms in total. The Morgan fingerprint density at radius 3 is 2.86 bits per heavy atom. The quantitative estimate of drug-likeness (QED) is 0.700. The molecule has 3 aromatic rings. The maximum absolute atomic E-state index is 12.9. The van der Waals surface area contributed by atoms with Gasteiger partial charge in [-0.05, 0) is 43.5 Å². The van der Waals surface area contributed by atoms with Crippen molar-refractivity contribution in [2.45, 2.75) is 32.7 Å². The lowest BCUT2D eigenvalue weighted by atomic mass is 10.2. The molecule has 0 bridgehead atoms. The molecule has 4 rings (SSSR count). The molecule has 1 unspecified atom stereocenters. The maximum atomic E-state index is 12.9. The van der Waals surface area contributed by atoms with Gasteiger partial charge in [0, 0.05) is 35.8 Å². The van der Waals surface area contributed by atoms with E-state index in [1.165, 1.54) is 11.6 Å². The Bertz CT molecular complexity index is 1090. The summed E-state index contributed by atoms with van der Waals surface area (Å²) in [6, 6.07) is 12.7. The van der Waals surface area contributed by atoms with Crippen molar-refractivity contribution in [1.29, 1.82) is 0 Å². The Hall–Kier alpha value is -3.48. The SMILES string of the molecule is CCc1cc(=O)[nH]c(-c2ccc(NC(C)C(=O)N3CCc4ccccc43)nc2)n1. The first-order valence-corrected chi connectivity index (χ1v) is 9.77. The first-order chi connectivity index (χ1) is 14.0. The number of benzene rings is 1. The Labute approximate surface area is 168 Å². The molecule has 0 radical (unpaired) electrons. The minimum atomic E-state index is -0.416. The van der Waals surface area contributed by atoms with Crippen molar-refractivity contribution in [2.24, 2.45) is 0 Å². The molecule has 0 aliphatic carbocycles. The molecule has 29 heavy (non-hydrogen) atoms. The standard InChI is InChI=1S/C22H23N5O2/c1-3-17-12-20(28)26-21(25-17)16-8-9-19(23-13-16)24-14(2)22(29)27-11-10-15-6-4-5-7-18(15)27/h4-9,12-14H,3,10-11H2,1-2H3,(H,23,24)(H,25,26,28). The number of hydrogen-bond acceptors (Lipinski definition) is 5. The fourth-order valence-corrected chi connectivity index (χ4v) is 3.53. The van der Waals surface area contributed by atoms with Crippen molar-refractivity contribution in [1.82, 2.24) is 15.0 Å². The first-order valence-electron chi connectivity index (χ1n) is 9.77. The summed E-state index contributed by atoms with van der Waals surface area (Å²) in [7, 11) is 0. The van der Waals surface area contributed by atoms with E-state index >= 15 is 0 Å². The number of aromatic amines is 1. The van der Waals surface area contributed by atoms with Gasteiger partial charge in [0.25, 0.3) is 5.56 Å². The minimum absolute atomic E-state index is 0.0162. The molecule has 0 saturated carbocycles. The van der Waals surface area contributed by atoms with Crippen molar-refractivity contribution in [3.63, 3.8) is 0 Å². The number of nitrogens with zero attached hydrogens (tertiary/aromatic N) is 3. The second-order valence-electron chi connectivity index (χ2n) is 7.11. The van der Waals surface area contributed by atoms with Gasteiger partial charge in [-0.1, -0.05) is 25.1 Å². The second-order valence-corrected chi connectivity index (χ2v) is 7.11. The van der Waals surface area contributed by atoms with Crippen molar-refractivity contribution in [2.75, 3.05) is 16.8 Å². The van der Waals surface area contributed by atoms with Crippen LogP contribution in [0.4, 0.5) is 11.5 Å². The van der Waals surface area contributed by atoms with Gasteiger partial charge in [0.15, 0.2) is 0 Å². The van der Waals surface area contributed by atoms with Gasteiger partial charge in [0.2, 0.25) is 5.91 Å². The van der Waals surface area contributed by atoms with Gasteiger partial charge in [-0.15, -0.1) is 0 Å². The highest BCUT2D eigenvalue weighted by molar-refractivity contribution is 6.00. The fourth-order valence-electron chi connectivity index (χ4n) is 3.53. The number of carbonyl (C=O) groups excluding carboxylic acids is 1. The molecule has 3 heterocycles. The van der Waals surface area contributed by atoms with Gasteiger partial charge >= 0.3 is 0 Å². The Morgan fingerprint density at radius 2 is 2.10 bits per heavy atom. The number of aryl methyl sites for hydroxylation is 1. The zero-order valence-electron chi connectivity index (χ0n) is 16.5. The van der Waals surface area contributed by atoms with E-state index in [4.69, 9.17) is 0 Å². The average Bonchev–Trinajstić information content (AvgIpc) is 3.17.